The number of thioether (sulfide) groups is 1. The Hall–Kier alpha value is -5.25. The van der Waals surface area contributed by atoms with Crippen molar-refractivity contribution in [3.05, 3.63) is 179 Å². The normalized spacial score (nSPS) is 16.4. The molecule has 6 aromatic carbocycles. The quantitative estimate of drug-likeness (QED) is 0.183. The Kier molecular flexibility index (Phi) is 7.51. The van der Waals surface area contributed by atoms with Gasteiger partial charge in [-0.3, -0.25) is 0 Å². The predicted molar refractivity (Wildman–Crippen MR) is 209 cm³/mol. The van der Waals surface area contributed by atoms with E-state index in [-0.39, 0.29) is 0 Å². The van der Waals surface area contributed by atoms with Crippen LogP contribution < -0.4 is 9.80 Å². The summed E-state index contributed by atoms with van der Waals surface area (Å²) in [6.45, 7) is 6.27. The lowest BCUT2D eigenvalue weighted by Gasteiger charge is -2.39. The van der Waals surface area contributed by atoms with Crippen LogP contribution in [0.1, 0.15) is 34.6 Å². The van der Waals surface area contributed by atoms with Gasteiger partial charge in [0.15, 0.2) is 0 Å². The Bertz CT molecular complexity index is 2260. The van der Waals surface area contributed by atoms with E-state index in [1.165, 1.54) is 82.6 Å². The molecule has 0 aromatic heterocycles. The van der Waals surface area contributed by atoms with E-state index < -0.39 is 0 Å². The maximum atomic E-state index is 2.47. The molecule has 3 aliphatic rings. The summed E-state index contributed by atoms with van der Waals surface area (Å²) in [6, 6.07) is 51.5. The standard InChI is InChI=1S/C46H38N2S/c1-31-11-3-4-12-37(31)39-15-9-14-38(32(39)2)33-21-25-35(26-22-33)47-29-30-48(44-19-7-6-18-43(44)47)36-27-23-34(24-28-36)40-16-10-17-42-41-13-5-8-20-45(41)49-46(40)42/h3-16,18-28,42H,17,29-30H2,1-2H3. The number of allylic oxidation sites excluding steroid dienone is 4. The highest BCUT2D eigenvalue weighted by atomic mass is 32.2. The van der Waals surface area contributed by atoms with Crippen LogP contribution in [0.25, 0.3) is 27.8 Å². The molecule has 0 saturated heterocycles. The fraction of sp³-hybridized carbons (Fsp3) is 0.130. The molecule has 1 atom stereocenters. The number of anilines is 4. The summed E-state index contributed by atoms with van der Waals surface area (Å²) in [5, 5.41) is 0. The van der Waals surface area contributed by atoms with Crippen LogP contribution in [0.15, 0.2) is 161 Å². The third-order valence-corrected chi connectivity index (χ3v) is 11.8. The van der Waals surface area contributed by atoms with Crippen molar-refractivity contribution >= 4 is 40.1 Å². The number of hydrogen-bond acceptors (Lipinski definition) is 3. The summed E-state index contributed by atoms with van der Waals surface area (Å²) < 4.78 is 0. The van der Waals surface area contributed by atoms with E-state index in [0.29, 0.717) is 5.92 Å². The monoisotopic (exact) mass is 650 g/mol. The van der Waals surface area contributed by atoms with Crippen molar-refractivity contribution in [3.63, 3.8) is 0 Å². The number of benzene rings is 6. The zero-order valence-corrected chi connectivity index (χ0v) is 28.8. The third-order valence-electron chi connectivity index (χ3n) is 10.5. The van der Waals surface area contributed by atoms with Crippen LogP contribution in [0.3, 0.4) is 0 Å². The van der Waals surface area contributed by atoms with Gasteiger partial charge in [-0.15, -0.1) is 0 Å². The molecule has 238 valence electrons. The van der Waals surface area contributed by atoms with Gasteiger partial charge in [-0.1, -0.05) is 121 Å². The van der Waals surface area contributed by atoms with Crippen molar-refractivity contribution in [1.29, 1.82) is 0 Å². The molecule has 2 heterocycles. The lowest BCUT2D eigenvalue weighted by atomic mass is 9.87. The average Bonchev–Trinajstić information content (AvgIpc) is 3.54. The SMILES string of the molecule is Cc1ccccc1-c1cccc(-c2ccc(N3CCN(c4ccc(C5=C6Sc7ccccc7C6CC=C5)cc4)c4ccccc43)cc2)c1C. The second kappa shape index (κ2) is 12.3. The van der Waals surface area contributed by atoms with Gasteiger partial charge in [0, 0.05) is 40.2 Å². The molecule has 0 saturated carbocycles. The minimum absolute atomic E-state index is 0.489. The highest BCUT2D eigenvalue weighted by molar-refractivity contribution is 8.03. The number of fused-ring (bicyclic) bond motifs is 4. The Balaban J connectivity index is 0.981. The van der Waals surface area contributed by atoms with Gasteiger partial charge in [0.1, 0.15) is 0 Å². The van der Waals surface area contributed by atoms with Crippen LogP contribution in [-0.4, -0.2) is 13.1 Å². The largest absolute Gasteiger partial charge is 0.338 e. The lowest BCUT2D eigenvalue weighted by molar-refractivity contribution is 0.840. The average molecular weight is 651 g/mol. The molecule has 0 radical (unpaired) electrons. The van der Waals surface area contributed by atoms with Crippen molar-refractivity contribution in [3.8, 4) is 22.3 Å². The Morgan fingerprint density at radius 2 is 1.14 bits per heavy atom. The van der Waals surface area contributed by atoms with Gasteiger partial charge in [0.05, 0.1) is 11.4 Å². The summed E-state index contributed by atoms with van der Waals surface area (Å²) in [4.78, 5) is 7.85. The van der Waals surface area contributed by atoms with Crippen LogP contribution >= 0.6 is 11.8 Å². The molecule has 2 nitrogen and oxygen atoms in total. The van der Waals surface area contributed by atoms with Gasteiger partial charge in [-0.05, 0) is 113 Å². The fourth-order valence-corrected chi connectivity index (χ4v) is 9.34. The van der Waals surface area contributed by atoms with E-state index in [0.717, 1.165) is 19.5 Å². The molecule has 1 unspecified atom stereocenters. The predicted octanol–water partition coefficient (Wildman–Crippen LogP) is 12.5. The Labute approximate surface area is 294 Å². The zero-order valence-electron chi connectivity index (χ0n) is 27.9. The van der Waals surface area contributed by atoms with Gasteiger partial charge in [-0.25, -0.2) is 0 Å². The summed E-state index contributed by atoms with van der Waals surface area (Å²) in [6.07, 6.45) is 5.78. The number of hydrogen-bond donors (Lipinski definition) is 0. The molecule has 0 amide bonds. The van der Waals surface area contributed by atoms with E-state index >= 15 is 0 Å². The highest BCUT2D eigenvalue weighted by Crippen LogP contribution is 2.55. The summed E-state index contributed by atoms with van der Waals surface area (Å²) >= 11 is 1.96. The van der Waals surface area contributed by atoms with E-state index in [9.17, 15) is 0 Å². The Morgan fingerprint density at radius 3 is 1.86 bits per heavy atom. The summed E-state index contributed by atoms with van der Waals surface area (Å²) in [7, 11) is 0. The molecule has 2 aliphatic heterocycles. The van der Waals surface area contributed by atoms with Crippen LogP contribution in [0, 0.1) is 13.8 Å². The number of para-hydroxylation sites is 2. The van der Waals surface area contributed by atoms with Gasteiger partial charge in [0.2, 0.25) is 0 Å². The van der Waals surface area contributed by atoms with E-state index in [1.807, 2.05) is 11.8 Å². The highest BCUT2D eigenvalue weighted by Gasteiger charge is 2.31. The molecular weight excluding hydrogens is 613 g/mol. The van der Waals surface area contributed by atoms with Crippen LogP contribution in [-0.2, 0) is 0 Å². The molecule has 1 aliphatic carbocycles. The second-order valence-corrected chi connectivity index (χ2v) is 14.4. The first-order valence-electron chi connectivity index (χ1n) is 17.3. The topological polar surface area (TPSA) is 6.48 Å². The van der Waals surface area contributed by atoms with Gasteiger partial charge in [-0.2, -0.15) is 0 Å². The minimum Gasteiger partial charge on any atom is -0.338 e. The van der Waals surface area contributed by atoms with E-state index in [1.54, 1.807) is 0 Å². The van der Waals surface area contributed by atoms with Crippen LogP contribution in [0.5, 0.6) is 0 Å². The maximum Gasteiger partial charge on any atom is 0.0652 e. The molecule has 9 rings (SSSR count). The molecule has 0 fully saturated rings. The van der Waals surface area contributed by atoms with E-state index in [2.05, 4.69) is 175 Å². The lowest BCUT2D eigenvalue weighted by Crippen LogP contribution is -2.36. The summed E-state index contributed by atoms with van der Waals surface area (Å²) in [5.74, 6) is 0.489. The number of rotatable bonds is 5. The number of aryl methyl sites for hydroxylation is 1. The minimum atomic E-state index is 0.489. The third kappa shape index (κ3) is 5.21. The molecular formula is C46H38N2S. The summed E-state index contributed by atoms with van der Waals surface area (Å²) in [5.41, 5.74) is 16.9. The molecule has 49 heavy (non-hydrogen) atoms. The number of nitrogens with zero attached hydrogens (tertiary/aromatic N) is 2. The van der Waals surface area contributed by atoms with Crippen molar-refractivity contribution < 1.29 is 0 Å². The smallest absolute Gasteiger partial charge is 0.0652 e. The van der Waals surface area contributed by atoms with E-state index in [4.69, 9.17) is 0 Å². The molecule has 6 aromatic rings. The molecule has 0 N–H and O–H groups in total. The van der Waals surface area contributed by atoms with Crippen LogP contribution in [0.4, 0.5) is 22.7 Å². The van der Waals surface area contributed by atoms with Gasteiger partial charge >= 0.3 is 0 Å². The van der Waals surface area contributed by atoms with Gasteiger partial charge in [0.25, 0.3) is 0 Å². The molecule has 0 spiro atoms. The second-order valence-electron chi connectivity index (χ2n) is 13.3. The molecule has 0 bridgehead atoms. The Morgan fingerprint density at radius 1 is 0.551 bits per heavy atom. The first-order valence-corrected chi connectivity index (χ1v) is 18.1. The van der Waals surface area contributed by atoms with Crippen LogP contribution in [0.2, 0.25) is 0 Å². The zero-order chi connectivity index (χ0) is 32.9. The van der Waals surface area contributed by atoms with Crippen molar-refractivity contribution in [1.82, 2.24) is 0 Å². The fourth-order valence-electron chi connectivity index (χ4n) is 7.97. The maximum absolute atomic E-state index is 2.47. The van der Waals surface area contributed by atoms with Crippen molar-refractivity contribution in [2.24, 2.45) is 0 Å². The molecule has 3 heteroatoms. The van der Waals surface area contributed by atoms with Crippen molar-refractivity contribution in [2.75, 3.05) is 22.9 Å². The van der Waals surface area contributed by atoms with Crippen molar-refractivity contribution in [2.45, 2.75) is 31.1 Å². The first-order chi connectivity index (χ1) is 24.1. The first kappa shape index (κ1) is 29.9. The van der Waals surface area contributed by atoms with Gasteiger partial charge < -0.3 is 9.80 Å².